The lowest BCUT2D eigenvalue weighted by atomic mass is 9.95. The zero-order valence-electron chi connectivity index (χ0n) is 26.5. The third-order valence-corrected chi connectivity index (χ3v) is 9.77. The smallest absolute Gasteiger partial charge is 0.356 e. The lowest BCUT2D eigenvalue weighted by molar-refractivity contribution is -0.0343. The van der Waals surface area contributed by atoms with Crippen LogP contribution in [0, 0.1) is 0 Å². The maximum atomic E-state index is 16.0. The van der Waals surface area contributed by atoms with Gasteiger partial charge in [0.2, 0.25) is 0 Å². The van der Waals surface area contributed by atoms with Crippen LogP contribution in [0.2, 0.25) is 0 Å². The summed E-state index contributed by atoms with van der Waals surface area (Å²) >= 11 is 0. The molecule has 3 aromatic heterocycles. The molecule has 0 saturated carbocycles. The number of likely N-dealkylation sites (tertiary alicyclic amines) is 2. The minimum atomic E-state index is -1.11. The molecule has 246 valence electrons. The number of esters is 1. The molecule has 3 aliphatic heterocycles. The van der Waals surface area contributed by atoms with Gasteiger partial charge in [-0.05, 0) is 55.0 Å². The first-order valence-corrected chi connectivity index (χ1v) is 16.2. The number of carbonyl (C=O) groups excluding carboxylic acids is 1. The van der Waals surface area contributed by atoms with Crippen LogP contribution in [-0.4, -0.2) is 105 Å². The third kappa shape index (κ3) is 5.58. The Morgan fingerprint density at radius 1 is 0.875 bits per heavy atom. The largest absolute Gasteiger partial charge is 0.464 e. The quantitative estimate of drug-likeness (QED) is 0.243. The molecule has 12 nitrogen and oxygen atoms in total. The lowest BCUT2D eigenvalue weighted by Gasteiger charge is -2.55. The monoisotopic (exact) mass is 649 g/mol. The predicted octanol–water partition coefficient (Wildman–Crippen LogP) is 4.21. The molecule has 2 N–H and O–H groups in total. The molecule has 13 heteroatoms. The van der Waals surface area contributed by atoms with Gasteiger partial charge in [0.1, 0.15) is 41.2 Å². The number of rotatable bonds is 8. The number of nitrogens with two attached hydrogens (primary N) is 1. The fourth-order valence-corrected chi connectivity index (χ4v) is 6.97. The molecule has 8 rings (SSSR count). The van der Waals surface area contributed by atoms with E-state index in [-0.39, 0.29) is 0 Å². The maximum absolute atomic E-state index is 16.0. The minimum Gasteiger partial charge on any atom is -0.464 e. The number of para-hydroxylation sites is 1. The van der Waals surface area contributed by atoms with Crippen molar-refractivity contribution < 1.29 is 18.7 Å². The summed E-state index contributed by atoms with van der Waals surface area (Å²) in [6.07, 6.45) is 2.64. The van der Waals surface area contributed by atoms with Crippen LogP contribution in [0.1, 0.15) is 23.0 Å². The highest BCUT2D eigenvalue weighted by molar-refractivity contribution is 5.98. The number of ether oxygens (including phenoxy) is 2. The van der Waals surface area contributed by atoms with Crippen molar-refractivity contribution in [2.45, 2.75) is 30.7 Å². The van der Waals surface area contributed by atoms with Gasteiger partial charge in [0.05, 0.1) is 30.4 Å². The topological polar surface area (TPSA) is 128 Å². The van der Waals surface area contributed by atoms with E-state index in [9.17, 15) is 4.79 Å². The second-order valence-electron chi connectivity index (χ2n) is 12.6. The second-order valence-corrected chi connectivity index (χ2v) is 12.6. The number of alkyl halides is 1. The number of anilines is 2. The summed E-state index contributed by atoms with van der Waals surface area (Å²) in [6, 6.07) is 21.1. The Balaban J connectivity index is 0.897. The van der Waals surface area contributed by atoms with E-state index in [0.717, 1.165) is 49.7 Å². The SMILES string of the molecule is COC(=O)c1ccc(N2CC(N3CC(N4CC[C@H](n5nc(-c6ccc(Oc7ccccc7)cc6)c6c(N)ncnc65)[C@H](F)C4)C3)C2)cn1. The molecule has 0 bridgehead atoms. The molecule has 0 radical (unpaired) electrons. The van der Waals surface area contributed by atoms with Gasteiger partial charge in [0.15, 0.2) is 5.65 Å². The first kappa shape index (κ1) is 30.2. The highest BCUT2D eigenvalue weighted by atomic mass is 19.1. The molecule has 0 aliphatic carbocycles. The molecule has 0 unspecified atom stereocenters. The highest BCUT2D eigenvalue weighted by Gasteiger charge is 2.44. The summed E-state index contributed by atoms with van der Waals surface area (Å²) in [7, 11) is 1.35. The molecule has 3 fully saturated rings. The van der Waals surface area contributed by atoms with Gasteiger partial charge >= 0.3 is 5.97 Å². The van der Waals surface area contributed by atoms with E-state index < -0.39 is 18.2 Å². The van der Waals surface area contributed by atoms with E-state index in [1.807, 2.05) is 60.7 Å². The number of nitrogen functional groups attached to an aromatic ring is 1. The number of halogens is 1. The summed E-state index contributed by atoms with van der Waals surface area (Å²) in [4.78, 5) is 31.6. The van der Waals surface area contributed by atoms with E-state index in [2.05, 4.69) is 29.7 Å². The summed E-state index contributed by atoms with van der Waals surface area (Å²) in [5, 5.41) is 5.54. The molecule has 3 aliphatic rings. The van der Waals surface area contributed by atoms with Crippen LogP contribution in [0.4, 0.5) is 15.9 Å². The Kier molecular flexibility index (Phi) is 7.85. The number of hydrogen-bond donors (Lipinski definition) is 1. The van der Waals surface area contributed by atoms with E-state index in [1.165, 1.54) is 13.4 Å². The number of pyridine rings is 1. The van der Waals surface area contributed by atoms with Gasteiger partial charge in [-0.1, -0.05) is 18.2 Å². The van der Waals surface area contributed by atoms with Gasteiger partial charge in [-0.2, -0.15) is 5.10 Å². The van der Waals surface area contributed by atoms with Crippen LogP contribution >= 0.6 is 0 Å². The maximum Gasteiger partial charge on any atom is 0.356 e. The van der Waals surface area contributed by atoms with Crippen LogP contribution in [0.3, 0.4) is 0 Å². The zero-order chi connectivity index (χ0) is 32.8. The second kappa shape index (κ2) is 12.5. The Labute approximate surface area is 276 Å². The van der Waals surface area contributed by atoms with Crippen molar-refractivity contribution in [3.63, 3.8) is 0 Å². The van der Waals surface area contributed by atoms with E-state index in [1.54, 1.807) is 16.9 Å². The van der Waals surface area contributed by atoms with Gasteiger partial charge in [-0.25, -0.2) is 28.8 Å². The molecule has 0 spiro atoms. The fraction of sp³-hybridized carbons (Fsp3) is 0.343. The fourth-order valence-electron chi connectivity index (χ4n) is 6.97. The lowest BCUT2D eigenvalue weighted by Crippen LogP contribution is -2.70. The summed E-state index contributed by atoms with van der Waals surface area (Å²) in [5.41, 5.74) is 9.65. The Bertz CT molecular complexity index is 1910. The molecule has 2 atom stereocenters. The Morgan fingerprint density at radius 3 is 2.33 bits per heavy atom. The van der Waals surface area contributed by atoms with Crippen LogP contribution < -0.4 is 15.4 Å². The van der Waals surface area contributed by atoms with Crippen molar-refractivity contribution in [3.05, 3.63) is 84.9 Å². The molecule has 3 saturated heterocycles. The molecular formula is C35H36FN9O3. The molecule has 48 heavy (non-hydrogen) atoms. The van der Waals surface area contributed by atoms with E-state index in [4.69, 9.17) is 20.3 Å². The van der Waals surface area contributed by atoms with Crippen LogP contribution in [0.5, 0.6) is 11.5 Å². The molecule has 0 amide bonds. The number of benzene rings is 2. The zero-order valence-corrected chi connectivity index (χ0v) is 26.5. The van der Waals surface area contributed by atoms with Gasteiger partial charge < -0.3 is 20.1 Å². The molecule has 6 heterocycles. The summed E-state index contributed by atoms with van der Waals surface area (Å²) in [5.74, 6) is 1.33. The number of aromatic nitrogens is 5. The van der Waals surface area contributed by atoms with Crippen LogP contribution in [-0.2, 0) is 4.74 Å². The molecular weight excluding hydrogens is 613 g/mol. The van der Waals surface area contributed by atoms with Gasteiger partial charge in [0, 0.05) is 56.9 Å². The number of hydrogen-bond acceptors (Lipinski definition) is 11. The van der Waals surface area contributed by atoms with Crippen LogP contribution in [0.15, 0.2) is 79.3 Å². The van der Waals surface area contributed by atoms with Crippen molar-refractivity contribution in [1.29, 1.82) is 0 Å². The number of piperidine rings is 1. The van der Waals surface area contributed by atoms with E-state index in [0.29, 0.717) is 59.0 Å². The van der Waals surface area contributed by atoms with Crippen molar-refractivity contribution >= 4 is 28.5 Å². The van der Waals surface area contributed by atoms with Crippen molar-refractivity contribution in [2.24, 2.45) is 0 Å². The Hall–Kier alpha value is -5.14. The van der Waals surface area contributed by atoms with Crippen LogP contribution in [0.25, 0.3) is 22.3 Å². The first-order valence-electron chi connectivity index (χ1n) is 16.2. The minimum absolute atomic E-state index is 0.303. The average molecular weight is 650 g/mol. The third-order valence-electron chi connectivity index (χ3n) is 9.77. The normalized spacial score (nSPS) is 20.8. The van der Waals surface area contributed by atoms with E-state index >= 15 is 4.39 Å². The Morgan fingerprint density at radius 2 is 1.62 bits per heavy atom. The van der Waals surface area contributed by atoms with Crippen molar-refractivity contribution in [3.8, 4) is 22.8 Å². The van der Waals surface area contributed by atoms with Gasteiger partial charge in [-0.3, -0.25) is 9.80 Å². The average Bonchev–Trinajstić information content (AvgIpc) is 3.46. The van der Waals surface area contributed by atoms with Gasteiger partial charge in [0.25, 0.3) is 0 Å². The summed E-state index contributed by atoms with van der Waals surface area (Å²) < 4.78 is 28.4. The standard InChI is InChI=1S/C35H36FN9O3/c1-47-35(46)29-12-9-23(15-38-29)43-18-25(19-43)44-16-24(17-44)42-14-13-30(28(36)20-42)45-34-31(33(37)39-21-40-34)32(41-45)22-7-10-27(11-8-22)48-26-5-3-2-4-6-26/h2-12,15,21,24-25,28,30H,13-14,16-20H2,1H3,(H2,37,39,40)/t28-,30+/m1/s1. The molecule has 2 aromatic carbocycles. The first-order chi connectivity index (χ1) is 23.4. The predicted molar refractivity (Wildman–Crippen MR) is 179 cm³/mol. The number of methoxy groups -OCH3 is 1. The highest BCUT2D eigenvalue weighted by Crippen LogP contribution is 2.37. The van der Waals surface area contributed by atoms with Gasteiger partial charge in [-0.15, -0.1) is 0 Å². The van der Waals surface area contributed by atoms with Crippen molar-refractivity contribution in [2.75, 3.05) is 57.0 Å². The number of fused-ring (bicyclic) bond motifs is 1. The molecule has 5 aromatic rings. The van der Waals surface area contributed by atoms with Crippen molar-refractivity contribution in [1.82, 2.24) is 34.5 Å². The number of carbonyl (C=O) groups is 1. The number of nitrogens with zero attached hydrogens (tertiary/aromatic N) is 8. The summed E-state index contributed by atoms with van der Waals surface area (Å²) in [6.45, 7) is 4.79.